The first-order chi connectivity index (χ1) is 12.3. The molecule has 144 valence electrons. The molecule has 1 saturated carbocycles. The van der Waals surface area contributed by atoms with E-state index in [1.807, 2.05) is 12.1 Å². The molecule has 1 fully saturated rings. The first-order valence-electron chi connectivity index (χ1n) is 10.1. The Morgan fingerprint density at radius 2 is 1.85 bits per heavy atom. The third-order valence-corrected chi connectivity index (χ3v) is 5.40. The van der Waals surface area contributed by atoms with E-state index in [0.29, 0.717) is 0 Å². The topological polar surface area (TPSA) is 46.9 Å². The summed E-state index contributed by atoms with van der Waals surface area (Å²) < 4.78 is 2.44. The molecule has 0 atom stereocenters. The molecule has 0 aliphatic heterocycles. The van der Waals surface area contributed by atoms with E-state index in [1.165, 1.54) is 57.4 Å². The van der Waals surface area contributed by atoms with E-state index in [9.17, 15) is 4.79 Å². The van der Waals surface area contributed by atoms with E-state index >= 15 is 0 Å². The van der Waals surface area contributed by atoms with Gasteiger partial charge in [-0.05, 0) is 37.0 Å². The molecule has 26 heavy (non-hydrogen) atoms. The van der Waals surface area contributed by atoms with Gasteiger partial charge in [-0.15, -0.1) is 0 Å². The number of aromatic nitrogens is 2. The summed E-state index contributed by atoms with van der Waals surface area (Å²) in [5, 5.41) is 2.87. The van der Waals surface area contributed by atoms with Crippen molar-refractivity contribution in [2.24, 2.45) is 5.92 Å². The summed E-state index contributed by atoms with van der Waals surface area (Å²) in [7, 11) is 0. The SMILES string of the molecule is CC(=O)Nc1ccc2c(c1)nc(C(C)(C)C)n2CC1CCCCCCC1.[HH]. The van der Waals surface area contributed by atoms with E-state index in [1.54, 1.807) is 0 Å². The molecule has 4 nitrogen and oxygen atoms in total. The molecule has 3 rings (SSSR count). The quantitative estimate of drug-likeness (QED) is 0.743. The predicted molar refractivity (Wildman–Crippen MR) is 111 cm³/mol. The van der Waals surface area contributed by atoms with Crippen LogP contribution in [0.25, 0.3) is 11.0 Å². The van der Waals surface area contributed by atoms with Gasteiger partial charge in [-0.1, -0.05) is 52.9 Å². The zero-order valence-electron chi connectivity index (χ0n) is 16.8. The first-order valence-corrected chi connectivity index (χ1v) is 10.1. The van der Waals surface area contributed by atoms with E-state index in [-0.39, 0.29) is 12.7 Å². The van der Waals surface area contributed by atoms with Crippen molar-refractivity contribution in [2.75, 3.05) is 5.32 Å². The number of rotatable bonds is 3. The van der Waals surface area contributed by atoms with Crippen molar-refractivity contribution >= 4 is 22.6 Å². The van der Waals surface area contributed by atoms with Crippen molar-refractivity contribution in [3.05, 3.63) is 24.0 Å². The molecule has 0 unspecified atom stereocenters. The summed E-state index contributed by atoms with van der Waals surface area (Å²) >= 11 is 0. The number of imidazole rings is 1. The number of hydrogen-bond donors (Lipinski definition) is 1. The lowest BCUT2D eigenvalue weighted by Gasteiger charge is -2.25. The number of carbonyl (C=O) groups excluding carboxylic acids is 1. The van der Waals surface area contributed by atoms with E-state index in [0.717, 1.165) is 29.5 Å². The highest BCUT2D eigenvalue weighted by atomic mass is 16.1. The fourth-order valence-corrected chi connectivity index (χ4v) is 4.15. The molecule has 0 radical (unpaired) electrons. The molecule has 1 amide bonds. The molecule has 1 aromatic carbocycles. The lowest BCUT2D eigenvalue weighted by Crippen LogP contribution is -2.22. The van der Waals surface area contributed by atoms with Crippen LogP contribution in [0.2, 0.25) is 0 Å². The summed E-state index contributed by atoms with van der Waals surface area (Å²) in [5.41, 5.74) is 2.98. The highest BCUT2D eigenvalue weighted by Crippen LogP contribution is 2.31. The molecule has 2 aromatic rings. The Labute approximate surface area is 158 Å². The van der Waals surface area contributed by atoms with Crippen LogP contribution in [0.4, 0.5) is 5.69 Å². The highest BCUT2D eigenvalue weighted by molar-refractivity contribution is 5.91. The summed E-state index contributed by atoms with van der Waals surface area (Å²) in [5.74, 6) is 1.84. The van der Waals surface area contributed by atoms with Gasteiger partial charge < -0.3 is 9.88 Å². The fourth-order valence-electron chi connectivity index (χ4n) is 4.15. The van der Waals surface area contributed by atoms with Crippen LogP contribution in [0.15, 0.2) is 18.2 Å². The molecule has 1 heterocycles. The second-order valence-electron chi connectivity index (χ2n) is 8.89. The number of fused-ring (bicyclic) bond motifs is 1. The van der Waals surface area contributed by atoms with Crippen LogP contribution in [0.1, 0.15) is 79.9 Å². The number of hydrogen-bond acceptors (Lipinski definition) is 2. The van der Waals surface area contributed by atoms with E-state index in [4.69, 9.17) is 4.98 Å². The summed E-state index contributed by atoms with van der Waals surface area (Å²) in [6.07, 6.45) is 9.53. The van der Waals surface area contributed by atoms with Gasteiger partial charge >= 0.3 is 0 Å². The number of anilines is 1. The number of nitrogens with zero attached hydrogens (tertiary/aromatic N) is 2. The summed E-state index contributed by atoms with van der Waals surface area (Å²) in [6.45, 7) is 9.30. The largest absolute Gasteiger partial charge is 0.327 e. The summed E-state index contributed by atoms with van der Waals surface area (Å²) in [6, 6.07) is 6.11. The molecular weight excluding hydrogens is 322 g/mol. The highest BCUT2D eigenvalue weighted by Gasteiger charge is 2.25. The summed E-state index contributed by atoms with van der Waals surface area (Å²) in [4.78, 5) is 16.3. The molecule has 0 saturated heterocycles. The Morgan fingerprint density at radius 1 is 1.19 bits per heavy atom. The molecule has 1 aromatic heterocycles. The minimum atomic E-state index is -0.0469. The van der Waals surface area contributed by atoms with Crippen molar-refractivity contribution in [3.63, 3.8) is 0 Å². The van der Waals surface area contributed by atoms with Crippen LogP contribution in [-0.4, -0.2) is 15.5 Å². The van der Waals surface area contributed by atoms with Gasteiger partial charge in [-0.2, -0.15) is 0 Å². The first kappa shape index (κ1) is 18.9. The van der Waals surface area contributed by atoms with Crippen molar-refractivity contribution in [1.82, 2.24) is 9.55 Å². The average Bonchev–Trinajstić information content (AvgIpc) is 2.87. The van der Waals surface area contributed by atoms with Gasteiger partial charge in [0.1, 0.15) is 5.82 Å². The normalized spacial score (nSPS) is 17.1. The van der Waals surface area contributed by atoms with Gasteiger partial charge in [0.15, 0.2) is 0 Å². The van der Waals surface area contributed by atoms with Crippen molar-refractivity contribution in [3.8, 4) is 0 Å². The van der Waals surface area contributed by atoms with E-state index < -0.39 is 0 Å². The number of carbonyl (C=O) groups is 1. The van der Waals surface area contributed by atoms with Gasteiger partial charge in [0.2, 0.25) is 5.91 Å². The molecule has 0 bridgehead atoms. The van der Waals surface area contributed by atoms with Crippen LogP contribution in [-0.2, 0) is 16.8 Å². The van der Waals surface area contributed by atoms with E-state index in [2.05, 4.69) is 36.7 Å². The van der Waals surface area contributed by atoms with Crippen molar-refractivity contribution in [1.29, 1.82) is 0 Å². The Balaban J connectivity index is 0.00000261. The third-order valence-electron chi connectivity index (χ3n) is 5.40. The Bertz CT molecular complexity index is 768. The molecule has 0 spiro atoms. The standard InChI is InChI=1S/C22H33N3O.H2/c1-16(26)23-18-12-13-20-19(14-18)24-21(22(2,3)4)25(20)15-17-10-8-6-5-7-9-11-17;/h12-14,17H,5-11,15H2,1-4H3,(H,23,26);1H. The molecule has 1 aliphatic carbocycles. The fraction of sp³-hybridized carbons (Fsp3) is 0.636. The Kier molecular flexibility index (Phi) is 5.69. The monoisotopic (exact) mass is 357 g/mol. The van der Waals surface area contributed by atoms with Crippen LogP contribution in [0, 0.1) is 5.92 Å². The van der Waals surface area contributed by atoms with Gasteiger partial charge in [-0.25, -0.2) is 4.98 Å². The minimum absolute atomic E-state index is 0. The number of amides is 1. The van der Waals surface area contributed by atoms with Gasteiger partial charge in [0.25, 0.3) is 0 Å². The Morgan fingerprint density at radius 3 is 2.46 bits per heavy atom. The van der Waals surface area contributed by atoms with Crippen molar-refractivity contribution < 1.29 is 6.22 Å². The van der Waals surface area contributed by atoms with Crippen LogP contribution >= 0.6 is 0 Å². The predicted octanol–water partition coefficient (Wildman–Crippen LogP) is 5.90. The zero-order chi connectivity index (χ0) is 18.7. The maximum atomic E-state index is 11.4. The molecule has 4 heteroatoms. The van der Waals surface area contributed by atoms with Gasteiger partial charge in [-0.3, -0.25) is 4.79 Å². The number of benzene rings is 1. The molecule has 1 aliphatic rings. The lowest BCUT2D eigenvalue weighted by molar-refractivity contribution is -0.114. The van der Waals surface area contributed by atoms with Crippen LogP contribution in [0.5, 0.6) is 0 Å². The maximum absolute atomic E-state index is 11.4. The molecule has 1 N–H and O–H groups in total. The maximum Gasteiger partial charge on any atom is 0.221 e. The number of nitrogens with one attached hydrogen (secondary N) is 1. The molecular formula is C22H35N3O. The zero-order valence-corrected chi connectivity index (χ0v) is 16.8. The van der Waals surface area contributed by atoms with Crippen LogP contribution in [0.3, 0.4) is 0 Å². The Hall–Kier alpha value is -1.84. The third kappa shape index (κ3) is 4.46. The lowest BCUT2D eigenvalue weighted by atomic mass is 9.90. The minimum Gasteiger partial charge on any atom is -0.327 e. The second-order valence-corrected chi connectivity index (χ2v) is 8.89. The second kappa shape index (κ2) is 7.81. The van der Waals surface area contributed by atoms with Crippen LogP contribution < -0.4 is 5.32 Å². The van der Waals surface area contributed by atoms with Gasteiger partial charge in [0.05, 0.1) is 11.0 Å². The van der Waals surface area contributed by atoms with Crippen molar-refractivity contribution in [2.45, 2.75) is 84.6 Å². The average molecular weight is 358 g/mol. The van der Waals surface area contributed by atoms with Gasteiger partial charge in [0, 0.05) is 26.0 Å². The smallest absolute Gasteiger partial charge is 0.221 e.